The second kappa shape index (κ2) is 59.6. The number of carbonyl (C=O) groups is 7. The van der Waals surface area contributed by atoms with Crippen LogP contribution < -0.4 is 19.7 Å². The molecular weight excluding hydrogens is 1620 g/mol. The number of ether oxygens (including phenoxy) is 9. The van der Waals surface area contributed by atoms with E-state index in [9.17, 15) is 28.8 Å². The first-order valence-corrected chi connectivity index (χ1v) is 45.9. The third kappa shape index (κ3) is 47.6. The fourth-order valence-electron chi connectivity index (χ4n) is 12.9. The molecule has 1 heterocycles. The lowest BCUT2D eigenvalue weighted by Crippen LogP contribution is -2.67. The van der Waals surface area contributed by atoms with Crippen molar-refractivity contribution >= 4 is 119 Å². The lowest BCUT2D eigenvalue weighted by Gasteiger charge is -2.45. The molecule has 0 saturated carbocycles. The Labute approximate surface area is 714 Å². The van der Waals surface area contributed by atoms with Crippen LogP contribution in [0.3, 0.4) is 0 Å². The van der Waals surface area contributed by atoms with E-state index in [1.807, 2.05) is 6.07 Å². The molecule has 115 heavy (non-hydrogen) atoms. The van der Waals surface area contributed by atoms with Crippen molar-refractivity contribution in [2.45, 2.75) is 367 Å². The van der Waals surface area contributed by atoms with Crippen LogP contribution in [0.15, 0.2) is 91.0 Å². The summed E-state index contributed by atoms with van der Waals surface area (Å²) in [6.45, 7) is 8.77. The Bertz CT molecular complexity index is 3150. The van der Waals surface area contributed by atoms with Crippen molar-refractivity contribution < 1.29 is 94.3 Å². The highest BCUT2D eigenvalue weighted by molar-refractivity contribution is 7.49. The first-order valence-electron chi connectivity index (χ1n) is 42.2. The highest BCUT2D eigenvalue weighted by atomic mass is 35.6. The summed E-state index contributed by atoms with van der Waals surface area (Å²) >= 11 is 37.3. The van der Waals surface area contributed by atoms with Gasteiger partial charge in [-0.1, -0.05) is 344 Å². The zero-order chi connectivity index (χ0) is 84.0. The lowest BCUT2D eigenvalue weighted by molar-refractivity contribution is -0.272. The molecule has 29 heteroatoms. The van der Waals surface area contributed by atoms with Crippen LogP contribution in [0.4, 0.5) is 9.59 Å². The molecule has 1 aliphatic heterocycles. The minimum Gasteiger partial charge on any atom is -0.462 e. The molecule has 0 bridgehead atoms. The van der Waals surface area contributed by atoms with E-state index >= 15 is 9.36 Å². The largest absolute Gasteiger partial charge is 0.588 e. The minimum atomic E-state index is -5.24. The van der Waals surface area contributed by atoms with Crippen LogP contribution >= 0.6 is 77.4 Å². The number of hydrogen-bond donors (Lipinski definition) is 2. The maximum absolute atomic E-state index is 15.9. The van der Waals surface area contributed by atoms with Gasteiger partial charge in [-0.25, -0.2) is 14.2 Å². The summed E-state index contributed by atoms with van der Waals surface area (Å²) in [5.74, 6) is -3.34. The quantitative estimate of drug-likeness (QED) is 0.0175. The number of benzene rings is 3. The molecule has 0 aliphatic carbocycles. The zero-order valence-corrected chi connectivity index (χ0v) is 74.2. The van der Waals surface area contributed by atoms with Crippen molar-refractivity contribution in [3.8, 4) is 11.5 Å². The number of hydrogen-bond acceptors (Lipinski definition) is 20. The SMILES string of the molecule is CCCCCCCCCCC[C@H](CC(=O)N[C@@H](CCC(=O)OCc1ccccc1)CO[C@H]1O[C@H](COC(=O)OC(C)(C)C(Cl)(Cl)Cl)[C@@H](OP(=O)(Oc2ccccc2)Oc2ccccc2)[C@H](OC(=O)C[C@@H](CCCCCCCCCCC)OC(=O)CCCCCCCCC)[C@H]1NC(=O)OCC(Cl)(Cl)Cl)OC(=O)CCCCCCCCC. The molecule has 2 N–H and O–H groups in total. The Balaban J connectivity index is 1.93. The Hall–Kier alpha value is -5.00. The fourth-order valence-corrected chi connectivity index (χ4v) is 14.6. The van der Waals surface area contributed by atoms with Gasteiger partial charge in [0.15, 0.2) is 18.0 Å². The van der Waals surface area contributed by atoms with Gasteiger partial charge in [0.1, 0.15) is 61.8 Å². The first kappa shape index (κ1) is 102. The summed E-state index contributed by atoms with van der Waals surface area (Å²) in [4.78, 5) is 100. The standard InChI is InChI=1S/C86H131Cl6N2O20P/c1-7-11-15-19-23-25-29-31-40-54-70(107-75(97)56-46-33-27-21-17-13-9-3)60-73(95)93-67(58-59-74(96)103-62-66-48-38-35-39-49-66)63-104-81-78(94-82(100)106-65-85(87,88)89)80(110-77(99)61-71(55-41-32-30-26-24-20-16-12-8-2)108-76(98)57-47-34-28-22-18-14-10-4)79(72(109-81)64-105-83(101)111-84(5,6)86(90,91)92)114-115(102,112-68-50-42-36-43-51-68)113-69-52-44-37-45-53-69/h35-39,42-45,48-53,67,70-72,78-81H,7-34,40-41,46-47,54-65H2,1-6H3,(H,93,95)(H,94,100)/t67-,70+,71+,72+,78+,79+,80+,81-/m0/s1. The zero-order valence-electron chi connectivity index (χ0n) is 68.8. The summed E-state index contributed by atoms with van der Waals surface area (Å²) in [5.41, 5.74) is -1.14. The molecule has 2 amide bonds. The average molecular weight is 1760 g/mol. The Morgan fingerprint density at radius 3 is 1.37 bits per heavy atom. The lowest BCUT2D eigenvalue weighted by atomic mass is 9.96. The average Bonchev–Trinajstić information content (AvgIpc) is 0.770. The summed E-state index contributed by atoms with van der Waals surface area (Å²) in [5, 5.41) is 5.62. The van der Waals surface area contributed by atoms with Crippen LogP contribution in [0.5, 0.6) is 11.5 Å². The summed E-state index contributed by atoms with van der Waals surface area (Å²) in [6, 6.07) is 21.5. The van der Waals surface area contributed by atoms with E-state index in [2.05, 4.69) is 38.3 Å². The van der Waals surface area contributed by atoms with E-state index in [0.717, 1.165) is 167 Å². The molecule has 0 unspecified atom stereocenters. The monoisotopic (exact) mass is 1750 g/mol. The summed E-state index contributed by atoms with van der Waals surface area (Å²) < 4.78 is 85.3. The van der Waals surface area contributed by atoms with E-state index in [4.69, 9.17) is 126 Å². The summed E-state index contributed by atoms with van der Waals surface area (Å²) in [7, 11) is -5.24. The van der Waals surface area contributed by atoms with E-state index in [-0.39, 0.29) is 56.6 Å². The maximum Gasteiger partial charge on any atom is 0.588 e. The van der Waals surface area contributed by atoms with Crippen LogP contribution in [0.1, 0.15) is 304 Å². The van der Waals surface area contributed by atoms with Gasteiger partial charge in [0.25, 0.3) is 0 Å². The number of nitrogens with one attached hydrogen (secondary N) is 2. The Morgan fingerprint density at radius 2 is 0.922 bits per heavy atom. The normalized spacial score (nSPS) is 16.6. The number of halogens is 6. The molecule has 1 fully saturated rings. The Kier molecular flexibility index (Phi) is 53.1. The molecule has 22 nitrogen and oxygen atoms in total. The molecule has 0 aromatic heterocycles. The number of carbonyl (C=O) groups excluding carboxylic acids is 7. The number of para-hydroxylation sites is 2. The van der Waals surface area contributed by atoms with Crippen molar-refractivity contribution in [1.29, 1.82) is 0 Å². The van der Waals surface area contributed by atoms with E-state index < -0.39 is 138 Å². The van der Waals surface area contributed by atoms with Gasteiger partial charge in [0.2, 0.25) is 13.5 Å². The number of amides is 2. The van der Waals surface area contributed by atoms with E-state index in [1.165, 1.54) is 51.0 Å². The van der Waals surface area contributed by atoms with Crippen molar-refractivity contribution in [3.63, 3.8) is 0 Å². The number of rotatable bonds is 63. The van der Waals surface area contributed by atoms with E-state index in [0.29, 0.717) is 37.7 Å². The van der Waals surface area contributed by atoms with Gasteiger partial charge in [-0.15, -0.1) is 0 Å². The predicted molar refractivity (Wildman–Crippen MR) is 452 cm³/mol. The molecule has 8 atom stereocenters. The van der Waals surface area contributed by atoms with Gasteiger partial charge in [0.05, 0.1) is 25.5 Å². The van der Waals surface area contributed by atoms with Crippen LogP contribution in [0.25, 0.3) is 0 Å². The van der Waals surface area contributed by atoms with Gasteiger partial charge >= 0.3 is 43.9 Å². The number of phosphoric ester groups is 1. The molecule has 4 rings (SSSR count). The molecule has 652 valence electrons. The smallest absolute Gasteiger partial charge is 0.462 e. The molecule has 1 aliphatic rings. The van der Waals surface area contributed by atoms with Crippen LogP contribution in [-0.2, 0) is 82.3 Å². The van der Waals surface area contributed by atoms with Crippen molar-refractivity contribution in [1.82, 2.24) is 10.6 Å². The number of unbranched alkanes of at least 4 members (excludes halogenated alkanes) is 28. The molecule has 3 aromatic carbocycles. The number of alkyl carbamates (subject to hydrolysis) is 1. The number of esters is 4. The molecule has 0 radical (unpaired) electrons. The first-order chi connectivity index (χ1) is 55.1. The van der Waals surface area contributed by atoms with Crippen molar-refractivity contribution in [2.75, 3.05) is 19.8 Å². The molecular formula is C86H131Cl6N2O20P. The molecule has 0 spiro atoms. The van der Waals surface area contributed by atoms with Crippen LogP contribution in [0.2, 0.25) is 0 Å². The van der Waals surface area contributed by atoms with Crippen LogP contribution in [-0.4, -0.2) is 124 Å². The molecule has 3 aromatic rings. The number of alkyl halides is 6. The maximum atomic E-state index is 15.9. The fraction of sp³-hybridized carbons (Fsp3) is 0.709. The minimum absolute atomic E-state index is 0.0466. The highest BCUT2D eigenvalue weighted by Gasteiger charge is 2.55. The van der Waals surface area contributed by atoms with Gasteiger partial charge in [-0.05, 0) is 88.6 Å². The van der Waals surface area contributed by atoms with Gasteiger partial charge < -0.3 is 62.3 Å². The molecule has 1 saturated heterocycles. The third-order valence-corrected chi connectivity index (χ3v) is 22.6. The predicted octanol–water partition coefficient (Wildman–Crippen LogP) is 23.8. The van der Waals surface area contributed by atoms with Crippen molar-refractivity contribution in [3.05, 3.63) is 96.6 Å². The second-order valence-corrected chi connectivity index (χ2v) is 36.5. The summed E-state index contributed by atoms with van der Waals surface area (Å²) in [6.07, 6.45) is 18.6. The van der Waals surface area contributed by atoms with Gasteiger partial charge in [0, 0.05) is 19.3 Å². The van der Waals surface area contributed by atoms with Crippen molar-refractivity contribution in [2.24, 2.45) is 0 Å². The van der Waals surface area contributed by atoms with Gasteiger partial charge in [-0.2, -0.15) is 0 Å². The van der Waals surface area contributed by atoms with Gasteiger partial charge in [-0.3, -0.25) is 28.5 Å². The van der Waals surface area contributed by atoms with Crippen LogP contribution in [0, 0.1) is 0 Å². The Morgan fingerprint density at radius 1 is 0.487 bits per heavy atom. The third-order valence-electron chi connectivity index (χ3n) is 19.5. The van der Waals surface area contributed by atoms with E-state index in [1.54, 1.807) is 60.7 Å². The topological polar surface area (TPSA) is 271 Å². The number of phosphoric acid groups is 1. The highest BCUT2D eigenvalue weighted by Crippen LogP contribution is 2.53. The second-order valence-electron chi connectivity index (χ2n) is 30.2.